The van der Waals surface area contributed by atoms with Crippen LogP contribution in [0, 0.1) is 0 Å². The van der Waals surface area contributed by atoms with Gasteiger partial charge in [0, 0.05) is 11.8 Å². The Labute approximate surface area is 220 Å². The van der Waals surface area contributed by atoms with Crippen LogP contribution in [0.1, 0.15) is 36.8 Å². The van der Waals surface area contributed by atoms with Gasteiger partial charge in [-0.3, -0.25) is 4.79 Å². The number of methoxy groups -OCH3 is 1. The number of benzene rings is 3. The van der Waals surface area contributed by atoms with Gasteiger partial charge in [-0.25, -0.2) is 14.2 Å². The highest BCUT2D eigenvalue weighted by Crippen LogP contribution is 2.26. The molecule has 8 nitrogen and oxygen atoms in total. The molecule has 0 aliphatic carbocycles. The van der Waals surface area contributed by atoms with E-state index < -0.39 is 29.6 Å². The van der Waals surface area contributed by atoms with Gasteiger partial charge < -0.3 is 19.9 Å². The second kappa shape index (κ2) is 10.8. The Morgan fingerprint density at radius 3 is 2.21 bits per heavy atom. The van der Waals surface area contributed by atoms with Crippen molar-refractivity contribution in [2.75, 3.05) is 7.11 Å². The third-order valence-corrected chi connectivity index (χ3v) is 5.89. The van der Waals surface area contributed by atoms with Gasteiger partial charge in [-0.15, -0.1) is 0 Å². The van der Waals surface area contributed by atoms with E-state index in [0.29, 0.717) is 10.9 Å². The maximum absolute atomic E-state index is 13.4. The molecule has 4 rings (SSSR count). The summed E-state index contributed by atoms with van der Waals surface area (Å²) >= 11 is 0. The monoisotopic (exact) mass is 514 g/mol. The van der Waals surface area contributed by atoms with Gasteiger partial charge in [-0.05, 0) is 61.7 Å². The fourth-order valence-corrected chi connectivity index (χ4v) is 4.14. The lowest BCUT2D eigenvalue weighted by Gasteiger charge is -2.21. The minimum absolute atomic E-state index is 0.0165. The van der Waals surface area contributed by atoms with E-state index in [1.165, 1.54) is 31.4 Å². The summed E-state index contributed by atoms with van der Waals surface area (Å²) in [5, 5.41) is 13.1. The van der Waals surface area contributed by atoms with Crippen LogP contribution in [0.3, 0.4) is 0 Å². The molecule has 1 heterocycles. The predicted molar refractivity (Wildman–Crippen MR) is 144 cm³/mol. The first-order valence-corrected chi connectivity index (χ1v) is 12.2. The lowest BCUT2D eigenvalue weighted by molar-refractivity contribution is -0.142. The van der Waals surface area contributed by atoms with E-state index in [-0.39, 0.29) is 17.9 Å². The largest absolute Gasteiger partial charge is 0.508 e. The summed E-state index contributed by atoms with van der Waals surface area (Å²) in [5.41, 5.74) is 2.45. The van der Waals surface area contributed by atoms with Gasteiger partial charge in [0.2, 0.25) is 0 Å². The number of nitrogens with zero attached hydrogens (tertiary/aromatic N) is 1. The molecule has 2 N–H and O–H groups in total. The minimum atomic E-state index is -1.01. The van der Waals surface area contributed by atoms with Crippen LogP contribution in [0.5, 0.6) is 5.75 Å². The molecule has 38 heavy (non-hydrogen) atoms. The molecule has 0 spiro atoms. The zero-order valence-electron chi connectivity index (χ0n) is 21.7. The summed E-state index contributed by atoms with van der Waals surface area (Å²) in [6.45, 7) is 5.16. The molecule has 4 aromatic rings. The molecule has 0 aliphatic heterocycles. The van der Waals surface area contributed by atoms with Crippen LogP contribution in [-0.4, -0.2) is 46.4 Å². The number of fused-ring (bicyclic) bond motifs is 1. The zero-order chi connectivity index (χ0) is 27.4. The quantitative estimate of drug-likeness (QED) is 0.338. The normalized spacial score (nSPS) is 12.1. The Hall–Kier alpha value is -4.59. The molecule has 8 heteroatoms. The summed E-state index contributed by atoms with van der Waals surface area (Å²) in [4.78, 5) is 39.1. The molecule has 0 bridgehead atoms. The SMILES string of the molecule is COC(=O)[C@H](Cc1ccc(-c2ccccc2)cc1)NC(=O)c1cc2cc(O)ccc2n1C(=O)OC(C)(C)C. The average Bonchev–Trinajstić information content (AvgIpc) is 3.26. The van der Waals surface area contributed by atoms with E-state index in [4.69, 9.17) is 9.47 Å². The van der Waals surface area contributed by atoms with Gasteiger partial charge in [0.1, 0.15) is 23.1 Å². The van der Waals surface area contributed by atoms with Crippen LogP contribution in [0.2, 0.25) is 0 Å². The summed E-state index contributed by atoms with van der Waals surface area (Å²) in [6, 6.07) is 22.4. The number of esters is 1. The number of amides is 1. The highest BCUT2D eigenvalue weighted by atomic mass is 16.6. The van der Waals surface area contributed by atoms with Gasteiger partial charge in [0.15, 0.2) is 0 Å². The average molecular weight is 515 g/mol. The summed E-state index contributed by atoms with van der Waals surface area (Å²) in [5.74, 6) is -1.30. The Balaban J connectivity index is 1.62. The van der Waals surface area contributed by atoms with Crippen molar-refractivity contribution in [3.05, 3.63) is 90.1 Å². The second-order valence-corrected chi connectivity index (χ2v) is 9.90. The van der Waals surface area contributed by atoms with Crippen molar-refractivity contribution in [3.8, 4) is 16.9 Å². The van der Waals surface area contributed by atoms with Gasteiger partial charge >= 0.3 is 12.1 Å². The maximum Gasteiger partial charge on any atom is 0.419 e. The molecular weight excluding hydrogens is 484 g/mol. The van der Waals surface area contributed by atoms with Crippen molar-refractivity contribution in [2.45, 2.75) is 38.8 Å². The molecule has 0 fully saturated rings. The molecule has 0 aliphatic rings. The molecular formula is C30H30N2O6. The van der Waals surface area contributed by atoms with Crippen molar-refractivity contribution in [1.29, 1.82) is 0 Å². The van der Waals surface area contributed by atoms with Gasteiger partial charge in [-0.1, -0.05) is 54.6 Å². The van der Waals surface area contributed by atoms with Crippen molar-refractivity contribution >= 4 is 28.9 Å². The van der Waals surface area contributed by atoms with Crippen molar-refractivity contribution in [1.82, 2.24) is 9.88 Å². The van der Waals surface area contributed by atoms with E-state index in [1.807, 2.05) is 54.6 Å². The number of hydrogen-bond donors (Lipinski definition) is 2. The molecule has 0 radical (unpaired) electrons. The van der Waals surface area contributed by atoms with Crippen LogP contribution in [0.4, 0.5) is 4.79 Å². The van der Waals surface area contributed by atoms with Gasteiger partial charge in [0.25, 0.3) is 5.91 Å². The number of aromatic nitrogens is 1. The van der Waals surface area contributed by atoms with Crippen LogP contribution in [0.25, 0.3) is 22.0 Å². The van der Waals surface area contributed by atoms with Crippen LogP contribution < -0.4 is 5.32 Å². The van der Waals surface area contributed by atoms with E-state index in [9.17, 15) is 19.5 Å². The minimum Gasteiger partial charge on any atom is -0.508 e. The van der Waals surface area contributed by atoms with Gasteiger partial charge in [0.05, 0.1) is 12.6 Å². The number of hydrogen-bond acceptors (Lipinski definition) is 6. The lowest BCUT2D eigenvalue weighted by Crippen LogP contribution is -2.44. The molecule has 0 saturated heterocycles. The summed E-state index contributed by atoms with van der Waals surface area (Å²) in [6.07, 6.45) is -0.574. The van der Waals surface area contributed by atoms with Gasteiger partial charge in [-0.2, -0.15) is 0 Å². The number of phenolic OH excluding ortho intramolecular Hbond substituents is 1. The molecule has 1 aromatic heterocycles. The predicted octanol–water partition coefficient (Wildman–Crippen LogP) is 5.31. The molecule has 1 amide bonds. The Kier molecular flexibility index (Phi) is 7.52. The molecule has 1 atom stereocenters. The topological polar surface area (TPSA) is 107 Å². The smallest absolute Gasteiger partial charge is 0.419 e. The fourth-order valence-electron chi connectivity index (χ4n) is 4.14. The van der Waals surface area contributed by atoms with Crippen molar-refractivity contribution in [2.24, 2.45) is 0 Å². The van der Waals surface area contributed by atoms with E-state index in [0.717, 1.165) is 21.3 Å². The first-order chi connectivity index (χ1) is 18.1. The number of carbonyl (C=O) groups is 3. The summed E-state index contributed by atoms with van der Waals surface area (Å²) in [7, 11) is 1.25. The molecule has 0 saturated carbocycles. The van der Waals surface area contributed by atoms with E-state index in [2.05, 4.69) is 5.32 Å². The first kappa shape index (κ1) is 26.5. The third kappa shape index (κ3) is 6.03. The number of carbonyl (C=O) groups excluding carboxylic acids is 3. The number of nitrogens with one attached hydrogen (secondary N) is 1. The standard InChI is InChI=1S/C30H30N2O6/c1-30(2,3)38-29(36)32-25-15-14-23(33)17-22(25)18-26(32)27(34)31-24(28(35)37-4)16-19-10-12-21(13-11-19)20-8-6-5-7-9-20/h5-15,17-18,24,33H,16H2,1-4H3,(H,31,34)/t24-/m0/s1. The Morgan fingerprint density at radius 2 is 1.58 bits per heavy atom. The lowest BCUT2D eigenvalue weighted by atomic mass is 10.0. The summed E-state index contributed by atoms with van der Waals surface area (Å²) < 4.78 is 11.6. The second-order valence-electron chi connectivity index (χ2n) is 9.90. The van der Waals surface area contributed by atoms with Crippen LogP contribution >= 0.6 is 0 Å². The number of aromatic hydroxyl groups is 1. The Bertz CT molecular complexity index is 1470. The molecule has 196 valence electrons. The highest BCUT2D eigenvalue weighted by molar-refractivity contribution is 6.05. The highest BCUT2D eigenvalue weighted by Gasteiger charge is 2.28. The zero-order valence-corrected chi connectivity index (χ0v) is 21.7. The van der Waals surface area contributed by atoms with E-state index >= 15 is 0 Å². The molecule has 0 unspecified atom stereocenters. The maximum atomic E-state index is 13.4. The van der Waals surface area contributed by atoms with Crippen LogP contribution in [-0.2, 0) is 20.7 Å². The number of ether oxygens (including phenoxy) is 2. The molecule has 3 aromatic carbocycles. The van der Waals surface area contributed by atoms with Crippen molar-refractivity contribution < 1.29 is 29.0 Å². The van der Waals surface area contributed by atoms with E-state index in [1.54, 1.807) is 20.8 Å². The third-order valence-electron chi connectivity index (χ3n) is 5.89. The Morgan fingerprint density at radius 1 is 0.921 bits per heavy atom. The number of rotatable bonds is 6. The number of phenols is 1. The van der Waals surface area contributed by atoms with Crippen molar-refractivity contribution in [3.63, 3.8) is 0 Å². The first-order valence-electron chi connectivity index (χ1n) is 12.2. The fraction of sp³-hybridized carbons (Fsp3) is 0.233. The van der Waals surface area contributed by atoms with Crippen LogP contribution in [0.15, 0.2) is 78.9 Å².